The Hall–Kier alpha value is -3.33. The van der Waals surface area contributed by atoms with Crippen molar-refractivity contribution in [2.24, 2.45) is 5.92 Å². The van der Waals surface area contributed by atoms with Crippen molar-refractivity contribution < 1.29 is 27.4 Å². The summed E-state index contributed by atoms with van der Waals surface area (Å²) in [6.45, 7) is 5.50. The maximum absolute atomic E-state index is 12.9. The van der Waals surface area contributed by atoms with Crippen LogP contribution in [0.15, 0.2) is 55.1 Å². The van der Waals surface area contributed by atoms with Gasteiger partial charge in [0.2, 0.25) is 5.91 Å². The maximum atomic E-state index is 12.9. The average molecular weight is 445 g/mol. The summed E-state index contributed by atoms with van der Waals surface area (Å²) >= 11 is 0. The van der Waals surface area contributed by atoms with E-state index >= 15 is 0 Å². The number of carbonyl (C=O) groups excluding carboxylic acids is 1. The minimum Gasteiger partial charge on any atom is -0.493 e. The first-order valence-electron chi connectivity index (χ1n) is 10.2. The molecular formula is C23H22F3N3O3. The van der Waals surface area contributed by atoms with Gasteiger partial charge in [-0.1, -0.05) is 6.58 Å². The molecule has 6 nitrogen and oxygen atoms in total. The van der Waals surface area contributed by atoms with Gasteiger partial charge in [-0.2, -0.15) is 18.3 Å². The summed E-state index contributed by atoms with van der Waals surface area (Å²) in [6.07, 6.45) is -2.30. The number of ether oxygens (including phenoxy) is 2. The summed E-state index contributed by atoms with van der Waals surface area (Å²) in [4.78, 5) is 11.6. The molecule has 4 rings (SSSR count). The summed E-state index contributed by atoms with van der Waals surface area (Å²) in [5.74, 6) is 0.635. The lowest BCUT2D eigenvalue weighted by molar-refractivity contribution is -0.137. The Balaban J connectivity index is 1.67. The number of hydrogen-bond acceptors (Lipinski definition) is 4. The van der Waals surface area contributed by atoms with Gasteiger partial charge < -0.3 is 14.8 Å². The molecule has 0 radical (unpaired) electrons. The molecule has 1 N–H and O–H groups in total. The van der Waals surface area contributed by atoms with Crippen molar-refractivity contribution in [1.29, 1.82) is 0 Å². The second-order valence-electron chi connectivity index (χ2n) is 7.54. The highest BCUT2D eigenvalue weighted by atomic mass is 19.4. The first kappa shape index (κ1) is 21.9. The molecule has 1 fully saturated rings. The van der Waals surface area contributed by atoms with E-state index in [9.17, 15) is 18.0 Å². The fourth-order valence-electron chi connectivity index (χ4n) is 3.54. The van der Waals surface area contributed by atoms with Gasteiger partial charge in [-0.15, -0.1) is 0 Å². The van der Waals surface area contributed by atoms with E-state index in [0.717, 1.165) is 36.6 Å². The Morgan fingerprint density at radius 3 is 2.72 bits per heavy atom. The number of nitrogens with zero attached hydrogens (tertiary/aromatic N) is 2. The van der Waals surface area contributed by atoms with E-state index < -0.39 is 11.7 Å². The van der Waals surface area contributed by atoms with Crippen molar-refractivity contribution in [2.45, 2.75) is 19.1 Å². The lowest BCUT2D eigenvalue weighted by Crippen LogP contribution is -2.20. The van der Waals surface area contributed by atoms with Crippen LogP contribution in [0, 0.1) is 5.92 Å². The van der Waals surface area contributed by atoms with E-state index in [1.165, 1.54) is 12.1 Å². The van der Waals surface area contributed by atoms with E-state index in [4.69, 9.17) is 9.47 Å². The maximum Gasteiger partial charge on any atom is 0.416 e. The van der Waals surface area contributed by atoms with Crippen LogP contribution in [0.2, 0.25) is 0 Å². The van der Waals surface area contributed by atoms with Crippen LogP contribution in [-0.2, 0) is 22.3 Å². The minimum atomic E-state index is -4.42. The minimum absolute atomic E-state index is 0.134. The Morgan fingerprint density at radius 2 is 2.06 bits per heavy atom. The molecule has 1 saturated heterocycles. The van der Waals surface area contributed by atoms with Crippen LogP contribution < -0.4 is 10.1 Å². The third-order valence-corrected chi connectivity index (χ3v) is 5.29. The number of alkyl halides is 3. The van der Waals surface area contributed by atoms with Crippen molar-refractivity contribution >= 4 is 16.8 Å². The number of halogens is 3. The van der Waals surface area contributed by atoms with Crippen LogP contribution in [0.5, 0.6) is 5.75 Å². The number of carbonyl (C=O) groups is 1. The number of aromatic nitrogens is 2. The Morgan fingerprint density at radius 1 is 1.28 bits per heavy atom. The van der Waals surface area contributed by atoms with E-state index in [1.807, 2.05) is 6.07 Å². The Labute approximate surface area is 182 Å². The van der Waals surface area contributed by atoms with Gasteiger partial charge in [-0.3, -0.25) is 4.79 Å². The van der Waals surface area contributed by atoms with Gasteiger partial charge in [0, 0.05) is 17.9 Å². The molecule has 3 aromatic rings. The number of hydrogen-bond donors (Lipinski definition) is 1. The molecule has 0 spiro atoms. The molecule has 0 bridgehead atoms. The Kier molecular flexibility index (Phi) is 6.18. The second kappa shape index (κ2) is 9.04. The normalized spacial score (nSPS) is 16.3. The van der Waals surface area contributed by atoms with Crippen LogP contribution in [0.3, 0.4) is 0 Å². The van der Waals surface area contributed by atoms with Gasteiger partial charge in [0.15, 0.2) is 0 Å². The van der Waals surface area contributed by atoms with Crippen LogP contribution in [0.4, 0.5) is 13.2 Å². The van der Waals surface area contributed by atoms with E-state index in [-0.39, 0.29) is 12.5 Å². The zero-order valence-corrected chi connectivity index (χ0v) is 17.2. The van der Waals surface area contributed by atoms with Gasteiger partial charge in [-0.05, 0) is 55.0 Å². The van der Waals surface area contributed by atoms with Crippen molar-refractivity contribution in [3.8, 4) is 11.4 Å². The van der Waals surface area contributed by atoms with Gasteiger partial charge in [0.25, 0.3) is 0 Å². The lowest BCUT2D eigenvalue weighted by Gasteiger charge is -2.11. The number of rotatable bonds is 7. The summed E-state index contributed by atoms with van der Waals surface area (Å²) in [6, 6.07) is 10.2. The van der Waals surface area contributed by atoms with Crippen LogP contribution in [0.1, 0.15) is 17.7 Å². The number of fused-ring (bicyclic) bond motifs is 1. The number of benzene rings is 2. The van der Waals surface area contributed by atoms with Gasteiger partial charge in [-0.25, -0.2) is 4.68 Å². The summed E-state index contributed by atoms with van der Waals surface area (Å²) in [7, 11) is 0. The smallest absolute Gasteiger partial charge is 0.416 e. The predicted molar refractivity (Wildman–Crippen MR) is 113 cm³/mol. The van der Waals surface area contributed by atoms with Crippen molar-refractivity contribution in [3.63, 3.8) is 0 Å². The molecule has 1 unspecified atom stereocenters. The molecule has 0 aliphatic carbocycles. The summed E-state index contributed by atoms with van der Waals surface area (Å²) in [5.41, 5.74) is 0.984. The fraction of sp³-hybridized carbons (Fsp3) is 0.304. The zero-order valence-electron chi connectivity index (χ0n) is 17.2. The monoisotopic (exact) mass is 445 g/mol. The van der Waals surface area contributed by atoms with Crippen molar-refractivity contribution in [3.05, 3.63) is 66.4 Å². The topological polar surface area (TPSA) is 65.4 Å². The zero-order chi connectivity index (χ0) is 22.7. The highest BCUT2D eigenvalue weighted by molar-refractivity contribution is 5.88. The molecule has 9 heteroatoms. The fourth-order valence-corrected chi connectivity index (χ4v) is 3.54. The Bertz CT molecular complexity index is 1120. The first-order chi connectivity index (χ1) is 15.3. The van der Waals surface area contributed by atoms with E-state index in [0.29, 0.717) is 41.8 Å². The molecule has 0 saturated carbocycles. The van der Waals surface area contributed by atoms with Crippen LogP contribution in [-0.4, -0.2) is 35.5 Å². The third kappa shape index (κ3) is 4.77. The number of amides is 1. The molecule has 32 heavy (non-hydrogen) atoms. The average Bonchev–Trinajstić information content (AvgIpc) is 3.43. The quantitative estimate of drug-likeness (QED) is 0.552. The van der Waals surface area contributed by atoms with E-state index in [2.05, 4.69) is 17.0 Å². The molecule has 2 heterocycles. The first-order valence-corrected chi connectivity index (χ1v) is 10.2. The highest BCUT2D eigenvalue weighted by Gasteiger charge is 2.30. The summed E-state index contributed by atoms with van der Waals surface area (Å²) < 4.78 is 51.6. The molecule has 1 atom stereocenters. The van der Waals surface area contributed by atoms with E-state index in [1.54, 1.807) is 16.8 Å². The van der Waals surface area contributed by atoms with Crippen LogP contribution >= 0.6 is 0 Å². The van der Waals surface area contributed by atoms with Gasteiger partial charge >= 0.3 is 6.18 Å². The molecule has 2 aromatic carbocycles. The second-order valence-corrected chi connectivity index (χ2v) is 7.54. The standard InChI is InChI=1S/C23H22F3N3O3/c1-2-22(30)27-12-20-19-11-18(32-14-15-9-10-31-13-15)7-8-21(19)29(28-20)17-5-3-16(4-6-17)23(24,25)26/h2-8,11,15H,1,9-10,12-14H2,(H,27,30). The molecule has 1 aliphatic heterocycles. The molecule has 1 aromatic heterocycles. The highest BCUT2D eigenvalue weighted by Crippen LogP contribution is 2.31. The van der Waals surface area contributed by atoms with Crippen molar-refractivity contribution in [1.82, 2.24) is 15.1 Å². The largest absolute Gasteiger partial charge is 0.493 e. The van der Waals surface area contributed by atoms with Crippen LogP contribution in [0.25, 0.3) is 16.6 Å². The molecular weight excluding hydrogens is 423 g/mol. The molecule has 1 aliphatic rings. The third-order valence-electron chi connectivity index (χ3n) is 5.29. The lowest BCUT2D eigenvalue weighted by atomic mass is 10.1. The summed E-state index contributed by atoms with van der Waals surface area (Å²) in [5, 5.41) is 7.97. The number of nitrogens with one attached hydrogen (secondary N) is 1. The van der Waals surface area contributed by atoms with Crippen molar-refractivity contribution in [2.75, 3.05) is 19.8 Å². The SMILES string of the molecule is C=CC(=O)NCc1nn(-c2ccc(C(F)(F)F)cc2)c2ccc(OCC3CCOC3)cc12. The molecule has 1 amide bonds. The molecule has 168 valence electrons. The van der Waals surface area contributed by atoms with Gasteiger partial charge in [0.05, 0.1) is 42.2 Å². The van der Waals surface area contributed by atoms with Gasteiger partial charge in [0.1, 0.15) is 5.75 Å². The predicted octanol–water partition coefficient (Wildman–Crippen LogP) is 4.26.